The van der Waals surface area contributed by atoms with Crippen LogP contribution in [0.2, 0.25) is 0 Å². The van der Waals surface area contributed by atoms with Crippen molar-refractivity contribution in [2.75, 3.05) is 25.2 Å². The minimum atomic E-state index is 0.0440. The van der Waals surface area contributed by atoms with Crippen LogP contribution in [0.15, 0.2) is 54.2 Å². The van der Waals surface area contributed by atoms with Crippen molar-refractivity contribution in [3.05, 3.63) is 70.2 Å². The second kappa shape index (κ2) is 19.4. The normalized spacial score (nSPS) is 11.0. The lowest BCUT2D eigenvalue weighted by molar-refractivity contribution is -0.683. The number of anilines is 1. The van der Waals surface area contributed by atoms with Gasteiger partial charge in [-0.1, -0.05) is 107 Å². The number of aromatic nitrogens is 1. The van der Waals surface area contributed by atoms with Gasteiger partial charge < -0.3 is 14.4 Å². The van der Waals surface area contributed by atoms with Crippen LogP contribution >= 0.6 is 11.3 Å². The average molecular weight is 594 g/mol. The Labute approximate surface area is 258 Å². The topological polar surface area (TPSA) is 42.7 Å². The molecule has 0 spiro atoms. The molecule has 0 saturated carbocycles. The molecule has 2 aromatic carbocycles. The maximum atomic E-state index is 12.5. The highest BCUT2D eigenvalue weighted by Gasteiger charge is 2.14. The Hall–Kier alpha value is -2.86. The van der Waals surface area contributed by atoms with Gasteiger partial charge in [0.15, 0.2) is 24.2 Å². The number of methoxy groups -OCH3 is 1. The Kier molecular flexibility index (Phi) is 15.5. The second-order valence-corrected chi connectivity index (χ2v) is 12.5. The van der Waals surface area contributed by atoms with Gasteiger partial charge in [-0.25, -0.2) is 0 Å². The number of amides is 1. The first-order valence-electron chi connectivity index (χ1n) is 16.1. The molecule has 1 heterocycles. The van der Waals surface area contributed by atoms with Gasteiger partial charge in [-0.15, -0.1) is 0 Å². The highest BCUT2D eigenvalue weighted by atomic mass is 32.1. The number of nitrogens with zero attached hydrogens (tertiary/aromatic N) is 2. The summed E-state index contributed by atoms with van der Waals surface area (Å²) < 4.78 is 13.9. The van der Waals surface area contributed by atoms with Crippen LogP contribution in [-0.4, -0.2) is 26.2 Å². The van der Waals surface area contributed by atoms with Crippen molar-refractivity contribution >= 4 is 22.9 Å². The molecule has 0 N–H and O–H groups in total. The second-order valence-electron chi connectivity index (χ2n) is 11.4. The third kappa shape index (κ3) is 12.2. The number of carbonyl (C=O) groups excluding carboxylic acids is 1. The van der Waals surface area contributed by atoms with Crippen LogP contribution in [0.25, 0.3) is 0 Å². The van der Waals surface area contributed by atoms with Crippen LogP contribution in [0.4, 0.5) is 5.69 Å². The van der Waals surface area contributed by atoms with Gasteiger partial charge in [0, 0.05) is 24.7 Å². The monoisotopic (exact) mass is 593 g/mol. The zero-order valence-corrected chi connectivity index (χ0v) is 27.4. The van der Waals surface area contributed by atoms with Gasteiger partial charge in [-0.2, -0.15) is 4.57 Å². The summed E-state index contributed by atoms with van der Waals surface area (Å²) in [4.78, 5) is 15.7. The van der Waals surface area contributed by atoms with E-state index in [0.29, 0.717) is 13.2 Å². The van der Waals surface area contributed by atoms with E-state index in [2.05, 4.69) is 54.4 Å². The predicted octanol–water partition coefficient (Wildman–Crippen LogP) is 9.08. The van der Waals surface area contributed by atoms with E-state index in [1.165, 1.54) is 81.1 Å². The molecule has 0 radical (unpaired) electrons. The van der Waals surface area contributed by atoms with E-state index in [0.717, 1.165) is 42.1 Å². The smallest absolute Gasteiger partial charge is 0.225 e. The lowest BCUT2D eigenvalue weighted by atomic mass is 10.1. The van der Waals surface area contributed by atoms with E-state index in [1.807, 2.05) is 23.1 Å². The van der Waals surface area contributed by atoms with Crippen LogP contribution in [-0.2, 0) is 17.8 Å². The molecule has 0 unspecified atom stereocenters. The van der Waals surface area contributed by atoms with Crippen molar-refractivity contribution in [3.8, 4) is 11.5 Å². The number of aryl methyl sites for hydroxylation is 1. The molecule has 0 aliphatic heterocycles. The Balaban J connectivity index is 1.41. The number of unbranched alkanes of at least 4 members (excludes halogenated alkanes) is 11. The molecule has 5 nitrogen and oxygen atoms in total. The largest absolute Gasteiger partial charge is 0.493 e. The van der Waals surface area contributed by atoms with Gasteiger partial charge in [0.2, 0.25) is 11.4 Å². The quantitative estimate of drug-likeness (QED) is 0.0914. The summed E-state index contributed by atoms with van der Waals surface area (Å²) >= 11 is 1.75. The Morgan fingerprint density at radius 1 is 0.833 bits per heavy atom. The van der Waals surface area contributed by atoms with Gasteiger partial charge in [0.05, 0.1) is 18.6 Å². The molecule has 3 aromatic rings. The standard InChI is InChI=1S/C36H53N2O3S/c1-5-6-7-8-9-10-11-12-13-14-15-16-25-41-36-26-32(19-22-35(36)40-4)23-24-38(31(3)39)34-20-17-33(18-21-34)28-37-27-30(2)42-29-37/h17-22,26-27,29H,5-16,23-25,28H2,1-4H3/q+1. The van der Waals surface area contributed by atoms with Crippen LogP contribution < -0.4 is 18.9 Å². The van der Waals surface area contributed by atoms with Crippen molar-refractivity contribution in [1.29, 1.82) is 0 Å². The first kappa shape index (κ1) is 33.6. The van der Waals surface area contributed by atoms with E-state index in [-0.39, 0.29) is 5.91 Å². The summed E-state index contributed by atoms with van der Waals surface area (Å²) in [6, 6.07) is 14.4. The summed E-state index contributed by atoms with van der Waals surface area (Å²) in [5, 5.41) is 0. The molecule has 0 aliphatic rings. The molecular weight excluding hydrogens is 540 g/mol. The van der Waals surface area contributed by atoms with Gasteiger partial charge in [0.25, 0.3) is 0 Å². The molecule has 0 atom stereocenters. The molecular formula is C36H53N2O3S+. The van der Waals surface area contributed by atoms with Gasteiger partial charge in [0.1, 0.15) is 0 Å². The average Bonchev–Trinajstić information content (AvgIpc) is 3.40. The van der Waals surface area contributed by atoms with Crippen molar-refractivity contribution < 1.29 is 18.8 Å². The maximum Gasteiger partial charge on any atom is 0.225 e. The van der Waals surface area contributed by atoms with Crippen LogP contribution in [0.5, 0.6) is 11.5 Å². The van der Waals surface area contributed by atoms with E-state index in [4.69, 9.17) is 9.47 Å². The predicted molar refractivity (Wildman–Crippen MR) is 176 cm³/mol. The first-order valence-corrected chi connectivity index (χ1v) is 17.0. The fourth-order valence-corrected chi connectivity index (χ4v) is 5.98. The fraction of sp³-hybridized carbons (Fsp3) is 0.556. The number of hydrogen-bond donors (Lipinski definition) is 0. The Bertz CT molecular complexity index is 1170. The molecule has 230 valence electrons. The molecule has 42 heavy (non-hydrogen) atoms. The SMILES string of the molecule is CCCCCCCCCCCCCCOc1cc(CCN(C(C)=O)c2ccc(C[n+]3csc(C)c3)cc2)ccc1OC. The zero-order chi connectivity index (χ0) is 30.0. The van der Waals surface area contributed by atoms with Crippen molar-refractivity contribution in [1.82, 2.24) is 0 Å². The Morgan fingerprint density at radius 2 is 1.45 bits per heavy atom. The van der Waals surface area contributed by atoms with Crippen molar-refractivity contribution in [3.63, 3.8) is 0 Å². The molecule has 1 amide bonds. The number of thiazole rings is 1. The summed E-state index contributed by atoms with van der Waals surface area (Å²) in [6.45, 7) is 8.17. The van der Waals surface area contributed by atoms with Gasteiger partial charge in [-0.3, -0.25) is 4.79 Å². The van der Waals surface area contributed by atoms with Gasteiger partial charge >= 0.3 is 0 Å². The summed E-state index contributed by atoms with van der Waals surface area (Å²) in [6.07, 6.45) is 18.9. The van der Waals surface area contributed by atoms with Crippen molar-refractivity contribution in [2.24, 2.45) is 0 Å². The van der Waals surface area contributed by atoms with E-state index in [1.54, 1.807) is 25.4 Å². The highest BCUT2D eigenvalue weighted by molar-refractivity contribution is 7.09. The molecule has 6 heteroatoms. The summed E-state index contributed by atoms with van der Waals surface area (Å²) in [5.41, 5.74) is 5.41. The number of benzene rings is 2. The summed E-state index contributed by atoms with van der Waals surface area (Å²) in [7, 11) is 1.69. The number of rotatable bonds is 21. The Morgan fingerprint density at radius 3 is 2.02 bits per heavy atom. The molecule has 0 fully saturated rings. The molecule has 0 aliphatic carbocycles. The molecule has 0 bridgehead atoms. The third-order valence-corrected chi connectivity index (χ3v) is 8.68. The van der Waals surface area contributed by atoms with Gasteiger partial charge in [-0.05, 0) is 49.6 Å². The van der Waals surface area contributed by atoms with Crippen LogP contribution in [0.1, 0.15) is 107 Å². The lowest BCUT2D eigenvalue weighted by Crippen LogP contribution is -2.31. The van der Waals surface area contributed by atoms with Crippen molar-refractivity contribution in [2.45, 2.75) is 111 Å². The van der Waals surface area contributed by atoms with E-state index < -0.39 is 0 Å². The minimum absolute atomic E-state index is 0.0440. The zero-order valence-electron chi connectivity index (χ0n) is 26.5. The number of hydrogen-bond acceptors (Lipinski definition) is 4. The fourth-order valence-electron chi connectivity index (χ4n) is 5.34. The highest BCUT2D eigenvalue weighted by Crippen LogP contribution is 2.29. The van der Waals surface area contributed by atoms with Crippen LogP contribution in [0.3, 0.4) is 0 Å². The van der Waals surface area contributed by atoms with Crippen LogP contribution in [0, 0.1) is 6.92 Å². The van der Waals surface area contributed by atoms with E-state index in [9.17, 15) is 4.79 Å². The molecule has 0 saturated heterocycles. The first-order chi connectivity index (χ1) is 20.5. The minimum Gasteiger partial charge on any atom is -0.493 e. The molecule has 3 rings (SSSR count). The van der Waals surface area contributed by atoms with E-state index >= 15 is 0 Å². The molecule has 1 aromatic heterocycles. The number of ether oxygens (including phenoxy) is 2. The maximum absolute atomic E-state index is 12.5. The number of carbonyl (C=O) groups is 1. The third-order valence-electron chi connectivity index (χ3n) is 7.82. The summed E-state index contributed by atoms with van der Waals surface area (Å²) in [5.74, 6) is 1.59. The lowest BCUT2D eigenvalue weighted by Gasteiger charge is -2.22.